The molecule has 2 heterocycles. The number of aromatic nitrogens is 2. The molecule has 0 fully saturated rings. The van der Waals surface area contributed by atoms with E-state index in [9.17, 15) is 0 Å². The van der Waals surface area contributed by atoms with Crippen molar-refractivity contribution in [3.05, 3.63) is 41.7 Å². The van der Waals surface area contributed by atoms with E-state index >= 15 is 0 Å². The minimum atomic E-state index is 0.147. The summed E-state index contributed by atoms with van der Waals surface area (Å²) < 4.78 is 5.82. The van der Waals surface area contributed by atoms with E-state index in [4.69, 9.17) is 4.74 Å². The van der Waals surface area contributed by atoms with E-state index in [-0.39, 0.29) is 6.10 Å². The first kappa shape index (κ1) is 11.4. The number of rotatable bonds is 3. The highest BCUT2D eigenvalue weighted by Gasteiger charge is 2.23. The van der Waals surface area contributed by atoms with E-state index in [0.717, 1.165) is 25.4 Å². The minimum absolute atomic E-state index is 0.147. The molecule has 0 bridgehead atoms. The average molecular weight is 243 g/mol. The van der Waals surface area contributed by atoms with E-state index in [1.807, 2.05) is 13.2 Å². The van der Waals surface area contributed by atoms with Gasteiger partial charge in [-0.2, -0.15) is 0 Å². The van der Waals surface area contributed by atoms with Crippen molar-refractivity contribution in [3.63, 3.8) is 0 Å². The van der Waals surface area contributed by atoms with E-state index < -0.39 is 0 Å². The molecule has 0 unspecified atom stereocenters. The molecule has 2 aromatic rings. The monoisotopic (exact) mass is 243 g/mol. The molecule has 1 aromatic carbocycles. The van der Waals surface area contributed by atoms with Gasteiger partial charge in [0.05, 0.1) is 12.7 Å². The third-order valence-corrected chi connectivity index (χ3v) is 3.37. The largest absolute Gasteiger partial charge is 0.372 e. The lowest BCUT2D eigenvalue weighted by Crippen LogP contribution is -2.25. The van der Waals surface area contributed by atoms with Crippen LogP contribution in [0.25, 0.3) is 11.4 Å². The topological polar surface area (TPSA) is 49.9 Å². The Bertz CT molecular complexity index is 522. The second kappa shape index (κ2) is 4.92. The molecule has 0 amide bonds. The van der Waals surface area contributed by atoms with Crippen molar-refractivity contribution in [1.82, 2.24) is 15.3 Å². The molecular formula is C14H17N3O. The quantitative estimate of drug-likeness (QED) is 0.865. The van der Waals surface area contributed by atoms with Gasteiger partial charge in [0.25, 0.3) is 0 Å². The minimum Gasteiger partial charge on any atom is -0.372 e. The van der Waals surface area contributed by atoms with Crippen LogP contribution in [0.15, 0.2) is 30.6 Å². The molecule has 94 valence electrons. The van der Waals surface area contributed by atoms with Gasteiger partial charge in [-0.25, -0.2) is 4.98 Å². The SMILES string of the molecule is CNC[C@H]1OCCc2c(-c3ncc[nH]3)cccc21. The number of fused-ring (bicyclic) bond motifs is 1. The molecule has 18 heavy (non-hydrogen) atoms. The van der Waals surface area contributed by atoms with Crippen LogP contribution in [0, 0.1) is 0 Å². The Morgan fingerprint density at radius 1 is 1.50 bits per heavy atom. The molecular weight excluding hydrogens is 226 g/mol. The van der Waals surface area contributed by atoms with Gasteiger partial charge in [0.1, 0.15) is 5.82 Å². The zero-order chi connectivity index (χ0) is 12.4. The summed E-state index contributed by atoms with van der Waals surface area (Å²) in [5, 5.41) is 3.18. The van der Waals surface area contributed by atoms with Crippen molar-refractivity contribution in [2.24, 2.45) is 0 Å². The van der Waals surface area contributed by atoms with E-state index in [1.165, 1.54) is 16.7 Å². The van der Waals surface area contributed by atoms with Crippen molar-refractivity contribution < 1.29 is 4.74 Å². The summed E-state index contributed by atoms with van der Waals surface area (Å²) in [5.41, 5.74) is 3.84. The summed E-state index contributed by atoms with van der Waals surface area (Å²) in [6.07, 6.45) is 4.75. The highest BCUT2D eigenvalue weighted by molar-refractivity contribution is 5.63. The molecule has 1 aliphatic rings. The predicted octanol–water partition coefficient (Wildman–Crippen LogP) is 1.91. The number of nitrogens with zero attached hydrogens (tertiary/aromatic N) is 1. The van der Waals surface area contributed by atoms with Crippen LogP contribution >= 0.6 is 0 Å². The van der Waals surface area contributed by atoms with Crippen LogP contribution in [0.2, 0.25) is 0 Å². The number of benzene rings is 1. The third kappa shape index (κ3) is 1.94. The predicted molar refractivity (Wildman–Crippen MR) is 70.3 cm³/mol. The smallest absolute Gasteiger partial charge is 0.137 e. The Kier molecular flexibility index (Phi) is 3.13. The van der Waals surface area contributed by atoms with E-state index in [0.29, 0.717) is 0 Å². The summed E-state index contributed by atoms with van der Waals surface area (Å²) in [4.78, 5) is 7.54. The highest BCUT2D eigenvalue weighted by atomic mass is 16.5. The molecule has 1 atom stereocenters. The van der Waals surface area contributed by atoms with Crippen LogP contribution in [0.5, 0.6) is 0 Å². The normalized spacial score (nSPS) is 18.6. The van der Waals surface area contributed by atoms with Crippen molar-refractivity contribution in [1.29, 1.82) is 0 Å². The van der Waals surface area contributed by atoms with Crippen LogP contribution < -0.4 is 5.32 Å². The van der Waals surface area contributed by atoms with Crippen LogP contribution in [-0.4, -0.2) is 30.2 Å². The molecule has 1 aliphatic heterocycles. The van der Waals surface area contributed by atoms with Gasteiger partial charge in [0, 0.05) is 24.5 Å². The Balaban J connectivity index is 2.06. The van der Waals surface area contributed by atoms with E-state index in [1.54, 1.807) is 6.20 Å². The zero-order valence-corrected chi connectivity index (χ0v) is 10.4. The fourth-order valence-corrected chi connectivity index (χ4v) is 2.57. The lowest BCUT2D eigenvalue weighted by Gasteiger charge is -2.27. The number of imidazole rings is 1. The first-order chi connectivity index (χ1) is 8.90. The number of nitrogens with one attached hydrogen (secondary N) is 2. The summed E-state index contributed by atoms with van der Waals surface area (Å²) in [6, 6.07) is 6.36. The Morgan fingerprint density at radius 3 is 3.22 bits per heavy atom. The molecule has 0 spiro atoms. The van der Waals surface area contributed by atoms with Crippen LogP contribution in [0.1, 0.15) is 17.2 Å². The Morgan fingerprint density at radius 2 is 2.44 bits per heavy atom. The number of aromatic amines is 1. The third-order valence-electron chi connectivity index (χ3n) is 3.37. The summed E-state index contributed by atoms with van der Waals surface area (Å²) in [6.45, 7) is 1.62. The summed E-state index contributed by atoms with van der Waals surface area (Å²) >= 11 is 0. The second-order valence-corrected chi connectivity index (χ2v) is 4.48. The molecule has 0 saturated heterocycles. The van der Waals surface area contributed by atoms with Gasteiger partial charge < -0.3 is 15.0 Å². The second-order valence-electron chi connectivity index (χ2n) is 4.48. The number of ether oxygens (including phenoxy) is 1. The molecule has 0 radical (unpaired) electrons. The van der Waals surface area contributed by atoms with Crippen molar-refractivity contribution in [2.45, 2.75) is 12.5 Å². The van der Waals surface area contributed by atoms with Gasteiger partial charge >= 0.3 is 0 Å². The van der Waals surface area contributed by atoms with Gasteiger partial charge in [0.15, 0.2) is 0 Å². The maximum Gasteiger partial charge on any atom is 0.137 e. The standard InChI is InChI=1S/C14H17N3O/c1-15-9-13-11-3-2-4-12(10(11)5-8-18-13)14-16-6-7-17-14/h2-4,6-7,13,15H,5,8-9H2,1H3,(H,16,17)/t13-/m1/s1. The first-order valence-electron chi connectivity index (χ1n) is 6.28. The molecule has 4 heteroatoms. The molecule has 0 aliphatic carbocycles. The van der Waals surface area contributed by atoms with Crippen LogP contribution in [0.3, 0.4) is 0 Å². The maximum atomic E-state index is 5.82. The van der Waals surface area contributed by atoms with Gasteiger partial charge in [-0.15, -0.1) is 0 Å². The zero-order valence-electron chi connectivity index (χ0n) is 10.4. The molecule has 0 saturated carbocycles. The molecule has 2 N–H and O–H groups in total. The highest BCUT2D eigenvalue weighted by Crippen LogP contribution is 2.32. The Labute approximate surface area is 106 Å². The lowest BCUT2D eigenvalue weighted by atomic mass is 9.92. The fourth-order valence-electron chi connectivity index (χ4n) is 2.57. The van der Waals surface area contributed by atoms with Gasteiger partial charge in [-0.1, -0.05) is 18.2 Å². The summed E-state index contributed by atoms with van der Waals surface area (Å²) in [7, 11) is 1.95. The molecule has 1 aromatic heterocycles. The average Bonchev–Trinajstić information content (AvgIpc) is 2.93. The molecule has 4 nitrogen and oxygen atoms in total. The van der Waals surface area contributed by atoms with Gasteiger partial charge in [-0.3, -0.25) is 0 Å². The van der Waals surface area contributed by atoms with Gasteiger partial charge in [-0.05, 0) is 24.6 Å². The number of likely N-dealkylation sites (N-methyl/N-ethyl adjacent to an activating group) is 1. The maximum absolute atomic E-state index is 5.82. The van der Waals surface area contributed by atoms with Crippen molar-refractivity contribution in [2.75, 3.05) is 20.2 Å². The number of H-pyrrole nitrogens is 1. The van der Waals surface area contributed by atoms with Crippen LogP contribution in [0.4, 0.5) is 0 Å². The van der Waals surface area contributed by atoms with Crippen molar-refractivity contribution >= 4 is 0 Å². The fraction of sp³-hybridized carbons (Fsp3) is 0.357. The number of hydrogen-bond donors (Lipinski definition) is 2. The first-order valence-corrected chi connectivity index (χ1v) is 6.28. The molecule has 3 rings (SSSR count). The van der Waals surface area contributed by atoms with E-state index in [2.05, 4.69) is 33.5 Å². The van der Waals surface area contributed by atoms with Crippen LogP contribution in [-0.2, 0) is 11.2 Å². The number of hydrogen-bond acceptors (Lipinski definition) is 3. The summed E-state index contributed by atoms with van der Waals surface area (Å²) in [5.74, 6) is 0.942. The van der Waals surface area contributed by atoms with Gasteiger partial charge in [0.2, 0.25) is 0 Å². The lowest BCUT2D eigenvalue weighted by molar-refractivity contribution is 0.0440. The van der Waals surface area contributed by atoms with Crippen molar-refractivity contribution in [3.8, 4) is 11.4 Å². The Hall–Kier alpha value is -1.65.